The van der Waals surface area contributed by atoms with Crippen LogP contribution in [0, 0.1) is 0 Å². The summed E-state index contributed by atoms with van der Waals surface area (Å²) in [6.07, 6.45) is 1.48. The number of nitrogen functional groups attached to an aromatic ring is 1. The van der Waals surface area contributed by atoms with Gasteiger partial charge in [-0.25, -0.2) is 0 Å². The van der Waals surface area contributed by atoms with Crippen LogP contribution in [-0.4, -0.2) is 54.3 Å². The fourth-order valence-corrected chi connectivity index (χ4v) is 2.37. The first-order valence-electron chi connectivity index (χ1n) is 7.10. The van der Waals surface area contributed by atoms with Gasteiger partial charge in [-0.15, -0.1) is 0 Å². The molecule has 7 heteroatoms. The lowest BCUT2D eigenvalue weighted by atomic mass is 10.3. The number of morpholine rings is 1. The highest BCUT2D eigenvalue weighted by Crippen LogP contribution is 1.99. The topological polar surface area (TPSA) is 89.6 Å². The summed E-state index contributed by atoms with van der Waals surface area (Å²) < 4.78 is 6.60. The Kier molecular flexibility index (Phi) is 5.35. The molecular weight excluding hydrogens is 272 g/mol. The predicted octanol–water partition coefficient (Wildman–Crippen LogP) is -0.733. The molecule has 3 N–H and O–H groups in total. The number of pyridine rings is 1. The highest BCUT2D eigenvalue weighted by molar-refractivity contribution is 5.76. The Labute approximate surface area is 123 Å². The van der Waals surface area contributed by atoms with E-state index in [1.54, 1.807) is 0 Å². The zero-order chi connectivity index (χ0) is 15.2. The lowest BCUT2D eigenvalue weighted by Gasteiger charge is -2.29. The third-order valence-corrected chi connectivity index (χ3v) is 3.36. The first-order chi connectivity index (χ1) is 10.0. The van der Waals surface area contributed by atoms with Gasteiger partial charge in [0.05, 0.1) is 13.2 Å². The van der Waals surface area contributed by atoms with E-state index in [9.17, 15) is 9.59 Å². The fraction of sp³-hybridized carbons (Fsp3) is 0.571. The molecule has 2 heterocycles. The quantitative estimate of drug-likeness (QED) is 0.747. The molecule has 0 spiro atoms. The van der Waals surface area contributed by atoms with Gasteiger partial charge in [0.25, 0.3) is 5.56 Å². The van der Waals surface area contributed by atoms with Crippen molar-refractivity contribution in [1.29, 1.82) is 0 Å². The number of nitrogens with one attached hydrogen (secondary N) is 1. The maximum Gasteiger partial charge on any atom is 0.251 e. The Bertz CT molecular complexity index is 537. The number of hydrogen-bond acceptors (Lipinski definition) is 5. The van der Waals surface area contributed by atoms with Gasteiger partial charge in [0.1, 0.15) is 6.54 Å². The van der Waals surface area contributed by atoms with Gasteiger partial charge >= 0.3 is 0 Å². The molecule has 1 saturated heterocycles. The van der Waals surface area contributed by atoms with Crippen LogP contribution in [0.3, 0.4) is 0 Å². The van der Waals surface area contributed by atoms with Crippen molar-refractivity contribution in [2.45, 2.75) is 19.5 Å². The molecule has 1 unspecified atom stereocenters. The van der Waals surface area contributed by atoms with E-state index < -0.39 is 0 Å². The minimum Gasteiger partial charge on any atom is -0.398 e. The van der Waals surface area contributed by atoms with E-state index in [4.69, 9.17) is 10.5 Å². The first-order valence-corrected chi connectivity index (χ1v) is 7.10. The number of nitrogens with zero attached hydrogens (tertiary/aromatic N) is 2. The van der Waals surface area contributed by atoms with E-state index >= 15 is 0 Å². The number of carbonyl (C=O) groups excluding carboxylic acids is 1. The van der Waals surface area contributed by atoms with E-state index in [2.05, 4.69) is 10.2 Å². The third kappa shape index (κ3) is 4.87. The van der Waals surface area contributed by atoms with Gasteiger partial charge in [0.15, 0.2) is 0 Å². The first kappa shape index (κ1) is 15.5. The number of anilines is 1. The Morgan fingerprint density at radius 1 is 1.43 bits per heavy atom. The second-order valence-electron chi connectivity index (χ2n) is 5.31. The Hall–Kier alpha value is -1.86. The Morgan fingerprint density at radius 3 is 2.86 bits per heavy atom. The largest absolute Gasteiger partial charge is 0.398 e. The van der Waals surface area contributed by atoms with Crippen LogP contribution in [0.4, 0.5) is 5.69 Å². The summed E-state index contributed by atoms with van der Waals surface area (Å²) in [7, 11) is 0. The molecule has 116 valence electrons. The van der Waals surface area contributed by atoms with Crippen molar-refractivity contribution < 1.29 is 9.53 Å². The number of aromatic nitrogens is 1. The van der Waals surface area contributed by atoms with Gasteiger partial charge in [-0.2, -0.15) is 0 Å². The van der Waals surface area contributed by atoms with E-state index in [1.165, 1.54) is 22.9 Å². The number of carbonyl (C=O) groups is 1. The fourth-order valence-electron chi connectivity index (χ4n) is 2.37. The highest BCUT2D eigenvalue weighted by Gasteiger charge is 2.15. The minimum atomic E-state index is -0.236. The van der Waals surface area contributed by atoms with Crippen molar-refractivity contribution in [3.8, 4) is 0 Å². The molecule has 21 heavy (non-hydrogen) atoms. The van der Waals surface area contributed by atoms with Gasteiger partial charge in [-0.3, -0.25) is 14.5 Å². The van der Waals surface area contributed by atoms with E-state index in [-0.39, 0.29) is 24.1 Å². The zero-order valence-electron chi connectivity index (χ0n) is 12.2. The van der Waals surface area contributed by atoms with E-state index in [1.807, 2.05) is 6.92 Å². The average Bonchev–Trinajstić information content (AvgIpc) is 2.43. The summed E-state index contributed by atoms with van der Waals surface area (Å²) in [6, 6.07) is 2.91. The van der Waals surface area contributed by atoms with Gasteiger partial charge in [0, 0.05) is 43.6 Å². The molecule has 1 aliphatic rings. The number of ether oxygens (including phenoxy) is 1. The van der Waals surface area contributed by atoms with E-state index in [0.29, 0.717) is 5.69 Å². The highest BCUT2D eigenvalue weighted by atomic mass is 16.5. The van der Waals surface area contributed by atoms with Crippen LogP contribution < -0.4 is 16.6 Å². The maximum absolute atomic E-state index is 12.0. The van der Waals surface area contributed by atoms with Gasteiger partial charge in [-0.1, -0.05) is 0 Å². The van der Waals surface area contributed by atoms with Crippen molar-refractivity contribution in [2.75, 3.05) is 38.6 Å². The van der Waals surface area contributed by atoms with Crippen LogP contribution in [0.1, 0.15) is 6.92 Å². The van der Waals surface area contributed by atoms with Crippen molar-refractivity contribution >= 4 is 11.6 Å². The second kappa shape index (κ2) is 7.24. The zero-order valence-corrected chi connectivity index (χ0v) is 12.2. The summed E-state index contributed by atoms with van der Waals surface area (Å²) in [6.45, 7) is 5.95. The lowest BCUT2D eigenvalue weighted by Crippen LogP contribution is -2.47. The van der Waals surface area contributed by atoms with Crippen LogP contribution in [0.25, 0.3) is 0 Å². The number of nitrogens with two attached hydrogens (primary N) is 1. The molecule has 1 amide bonds. The molecule has 0 saturated carbocycles. The maximum atomic E-state index is 12.0. The monoisotopic (exact) mass is 294 g/mol. The predicted molar refractivity (Wildman–Crippen MR) is 80.0 cm³/mol. The van der Waals surface area contributed by atoms with Crippen LogP contribution >= 0.6 is 0 Å². The molecular formula is C14H22N4O3. The molecule has 0 radical (unpaired) electrons. The molecule has 1 aromatic heterocycles. The van der Waals surface area contributed by atoms with Crippen molar-refractivity contribution in [3.63, 3.8) is 0 Å². The molecule has 1 fully saturated rings. The number of amides is 1. The van der Waals surface area contributed by atoms with Crippen LogP contribution in [0.15, 0.2) is 23.1 Å². The summed E-state index contributed by atoms with van der Waals surface area (Å²) in [5.41, 5.74) is 5.84. The number of hydrogen-bond donors (Lipinski definition) is 2. The average molecular weight is 294 g/mol. The van der Waals surface area contributed by atoms with Gasteiger partial charge in [0.2, 0.25) is 5.91 Å². The van der Waals surface area contributed by atoms with Crippen molar-refractivity contribution in [3.05, 3.63) is 28.7 Å². The molecule has 1 aromatic rings. The summed E-state index contributed by atoms with van der Waals surface area (Å²) in [4.78, 5) is 25.8. The van der Waals surface area contributed by atoms with Gasteiger partial charge < -0.3 is 20.4 Å². The molecule has 7 nitrogen and oxygen atoms in total. The summed E-state index contributed by atoms with van der Waals surface area (Å²) >= 11 is 0. The molecule has 1 aliphatic heterocycles. The number of rotatable bonds is 5. The molecule has 2 rings (SSSR count). The summed E-state index contributed by atoms with van der Waals surface area (Å²) in [5.74, 6) is -0.191. The van der Waals surface area contributed by atoms with Gasteiger partial charge in [-0.05, 0) is 13.0 Å². The minimum absolute atomic E-state index is 0.0165. The molecule has 0 bridgehead atoms. The lowest BCUT2D eigenvalue weighted by molar-refractivity contribution is -0.122. The van der Waals surface area contributed by atoms with Crippen LogP contribution in [0.5, 0.6) is 0 Å². The second-order valence-corrected chi connectivity index (χ2v) is 5.31. The molecule has 0 aromatic carbocycles. The normalized spacial score (nSPS) is 17.4. The molecule has 1 atom stereocenters. The standard InChI is InChI=1S/C14H22N4O3/c1-11(8-17-4-6-21-7-5-17)16-13(19)10-18-9-12(15)2-3-14(18)20/h2-3,9,11H,4-8,10,15H2,1H3,(H,16,19). The van der Waals surface area contributed by atoms with E-state index in [0.717, 1.165) is 32.8 Å². The Balaban J connectivity index is 1.83. The van der Waals surface area contributed by atoms with Crippen molar-refractivity contribution in [1.82, 2.24) is 14.8 Å². The summed E-state index contributed by atoms with van der Waals surface area (Å²) in [5, 5.41) is 2.90. The van der Waals surface area contributed by atoms with Crippen molar-refractivity contribution in [2.24, 2.45) is 0 Å². The van der Waals surface area contributed by atoms with Crippen LogP contribution in [-0.2, 0) is 16.1 Å². The SMILES string of the molecule is CC(CN1CCOCC1)NC(=O)Cn1cc(N)ccc1=O. The smallest absolute Gasteiger partial charge is 0.251 e. The third-order valence-electron chi connectivity index (χ3n) is 3.36. The molecule has 0 aliphatic carbocycles. The Morgan fingerprint density at radius 2 is 2.14 bits per heavy atom. The van der Waals surface area contributed by atoms with Crippen LogP contribution in [0.2, 0.25) is 0 Å².